The van der Waals surface area contributed by atoms with E-state index in [1.807, 2.05) is 0 Å². The van der Waals surface area contributed by atoms with Crippen LogP contribution in [-0.2, 0) is 5.41 Å². The molecule has 0 radical (unpaired) electrons. The van der Waals surface area contributed by atoms with Gasteiger partial charge in [0, 0.05) is 44.2 Å². The molecule has 354 valence electrons. The zero-order chi connectivity index (χ0) is 49.9. The molecule has 1 spiro atoms. The lowest BCUT2D eigenvalue weighted by molar-refractivity contribution is 0.748. The van der Waals surface area contributed by atoms with Gasteiger partial charge in [0.15, 0.2) is 0 Å². The number of rotatable bonds is 7. The second-order valence-electron chi connectivity index (χ2n) is 20.4. The van der Waals surface area contributed by atoms with Gasteiger partial charge in [-0.3, -0.25) is 0 Å². The molecule has 1 aliphatic carbocycles. The molecule has 3 heteroatoms. The van der Waals surface area contributed by atoms with Crippen LogP contribution < -0.4 is 4.90 Å². The van der Waals surface area contributed by atoms with Gasteiger partial charge < -0.3 is 14.0 Å². The molecule has 14 aromatic rings. The molecule has 16 rings (SSSR count). The van der Waals surface area contributed by atoms with Crippen molar-refractivity contribution in [2.24, 2.45) is 0 Å². The molecular weight excluding hydrogens is 919 g/mol. The molecule has 12 aromatic carbocycles. The summed E-state index contributed by atoms with van der Waals surface area (Å²) < 4.78 is 4.93. The van der Waals surface area contributed by atoms with Crippen molar-refractivity contribution in [2.45, 2.75) is 5.41 Å². The average Bonchev–Trinajstić information content (AvgIpc) is 4.31. The lowest BCUT2D eigenvalue weighted by Gasteiger charge is -2.40. The Morgan fingerprint density at radius 1 is 0.276 bits per heavy atom. The number of fused-ring (bicyclic) bond motifs is 15. The van der Waals surface area contributed by atoms with Gasteiger partial charge in [-0.05, 0) is 128 Å². The standard InChI is InChI=1S/C73H47N3/c1-2-17-48(18-3-1)49-33-35-52(36-34-49)56-19-6-12-29-67(56)74(53-41-37-50(38-42-53)51-39-43-54(44-40-51)75-68-30-13-7-22-59(68)60-23-8-14-31-69(60)75)55-45-46-71-66(47-55)73(63-26-10-4-20-57(63)58-21-5-11-27-64(58)73)65-28-16-25-62-61-24-9-15-32-70(61)76(71)72(62)65/h1-47H. The highest BCUT2D eigenvalue weighted by molar-refractivity contribution is 6.13. The van der Waals surface area contributed by atoms with Gasteiger partial charge in [0.05, 0.1) is 38.9 Å². The Kier molecular flexibility index (Phi) is 9.25. The Hall–Kier alpha value is -9.96. The molecule has 1 aliphatic heterocycles. The maximum absolute atomic E-state index is 2.54. The Bertz CT molecular complexity index is 4520. The van der Waals surface area contributed by atoms with E-state index in [1.165, 1.54) is 99.4 Å². The summed E-state index contributed by atoms with van der Waals surface area (Å²) >= 11 is 0. The fourth-order valence-corrected chi connectivity index (χ4v) is 13.3. The first-order valence-electron chi connectivity index (χ1n) is 26.3. The zero-order valence-electron chi connectivity index (χ0n) is 41.5. The van der Waals surface area contributed by atoms with Crippen molar-refractivity contribution in [3.8, 4) is 55.9 Å². The largest absolute Gasteiger partial charge is 0.310 e. The Labute approximate surface area is 441 Å². The molecule has 0 N–H and O–H groups in total. The summed E-state index contributed by atoms with van der Waals surface area (Å²) in [7, 11) is 0. The van der Waals surface area contributed by atoms with E-state index in [1.54, 1.807) is 0 Å². The van der Waals surface area contributed by atoms with Crippen molar-refractivity contribution in [3.63, 3.8) is 0 Å². The third-order valence-electron chi connectivity index (χ3n) is 16.5. The predicted molar refractivity (Wildman–Crippen MR) is 317 cm³/mol. The molecule has 0 saturated carbocycles. The van der Waals surface area contributed by atoms with Gasteiger partial charge in [0.2, 0.25) is 0 Å². The summed E-state index contributed by atoms with van der Waals surface area (Å²) in [4.78, 5) is 2.49. The first kappa shape index (κ1) is 42.5. The minimum Gasteiger partial charge on any atom is -0.310 e. The molecule has 3 heterocycles. The normalized spacial score (nSPS) is 12.8. The van der Waals surface area contributed by atoms with E-state index in [9.17, 15) is 0 Å². The number of nitrogens with zero attached hydrogens (tertiary/aromatic N) is 3. The maximum Gasteiger partial charge on any atom is 0.0755 e. The molecule has 76 heavy (non-hydrogen) atoms. The molecule has 3 nitrogen and oxygen atoms in total. The quantitative estimate of drug-likeness (QED) is 0.155. The lowest BCUT2D eigenvalue weighted by Crippen LogP contribution is -2.33. The second kappa shape index (κ2) is 16.5. The molecule has 0 saturated heterocycles. The number of hydrogen-bond donors (Lipinski definition) is 0. The topological polar surface area (TPSA) is 13.1 Å². The van der Waals surface area contributed by atoms with Gasteiger partial charge in [-0.15, -0.1) is 0 Å². The molecule has 2 aliphatic rings. The van der Waals surface area contributed by atoms with E-state index in [0.717, 1.165) is 39.4 Å². The van der Waals surface area contributed by atoms with E-state index in [4.69, 9.17) is 0 Å². The number of hydrogen-bond acceptors (Lipinski definition) is 1. The monoisotopic (exact) mass is 965 g/mol. The SMILES string of the molecule is c1ccc(-c2ccc(-c3ccccc3N(c3ccc(-c4ccc(-n5c6ccccc6c6ccccc65)cc4)cc3)c3ccc4c(c3)C3(c5ccccc5-c5ccccc53)c3cccc5c6ccccc6n-4c35)cc2)cc1. The van der Waals surface area contributed by atoms with Crippen LogP contribution in [0.4, 0.5) is 17.1 Å². The number of para-hydroxylation sites is 5. The van der Waals surface area contributed by atoms with Gasteiger partial charge in [0.1, 0.15) is 0 Å². The first-order chi connectivity index (χ1) is 37.7. The van der Waals surface area contributed by atoms with Crippen LogP contribution in [0.2, 0.25) is 0 Å². The Balaban J connectivity index is 0.894. The summed E-state index contributed by atoms with van der Waals surface area (Å²) in [5.41, 5.74) is 24.7. The minimum atomic E-state index is -0.587. The fourth-order valence-electron chi connectivity index (χ4n) is 13.3. The van der Waals surface area contributed by atoms with E-state index in [0.29, 0.717) is 0 Å². The first-order valence-corrected chi connectivity index (χ1v) is 26.3. The summed E-state index contributed by atoms with van der Waals surface area (Å²) in [6.45, 7) is 0. The third-order valence-corrected chi connectivity index (χ3v) is 16.5. The zero-order valence-corrected chi connectivity index (χ0v) is 41.5. The van der Waals surface area contributed by atoms with Gasteiger partial charge in [0.25, 0.3) is 0 Å². The third kappa shape index (κ3) is 6.05. The fraction of sp³-hybridized carbons (Fsp3) is 0.0137. The van der Waals surface area contributed by atoms with Gasteiger partial charge >= 0.3 is 0 Å². The average molecular weight is 966 g/mol. The molecule has 0 fully saturated rings. The Morgan fingerprint density at radius 3 is 1.37 bits per heavy atom. The number of benzene rings is 12. The van der Waals surface area contributed by atoms with Crippen molar-refractivity contribution < 1.29 is 0 Å². The van der Waals surface area contributed by atoms with Crippen molar-refractivity contribution >= 4 is 60.7 Å². The van der Waals surface area contributed by atoms with Gasteiger partial charge in [-0.2, -0.15) is 0 Å². The lowest BCUT2D eigenvalue weighted by atomic mass is 9.65. The van der Waals surface area contributed by atoms with Gasteiger partial charge in [-0.25, -0.2) is 0 Å². The molecule has 2 aromatic heterocycles. The summed E-state index contributed by atoms with van der Waals surface area (Å²) in [6.07, 6.45) is 0. The van der Waals surface area contributed by atoms with Crippen LogP contribution >= 0.6 is 0 Å². The molecule has 0 unspecified atom stereocenters. The second-order valence-corrected chi connectivity index (χ2v) is 20.4. The molecule has 0 atom stereocenters. The predicted octanol–water partition coefficient (Wildman–Crippen LogP) is 19.0. The van der Waals surface area contributed by atoms with E-state index < -0.39 is 5.41 Å². The van der Waals surface area contributed by atoms with Crippen LogP contribution in [0.1, 0.15) is 22.3 Å². The van der Waals surface area contributed by atoms with Crippen LogP contribution in [0.25, 0.3) is 99.5 Å². The highest BCUT2D eigenvalue weighted by Crippen LogP contribution is 2.62. The van der Waals surface area contributed by atoms with Crippen molar-refractivity contribution in [1.82, 2.24) is 9.13 Å². The maximum atomic E-state index is 2.54. The summed E-state index contributed by atoms with van der Waals surface area (Å²) in [5.74, 6) is 0. The van der Waals surface area contributed by atoms with Crippen LogP contribution in [0.5, 0.6) is 0 Å². The summed E-state index contributed by atoms with van der Waals surface area (Å²) in [5, 5.41) is 5.07. The molecule has 0 amide bonds. The molecular formula is C73H47N3. The van der Waals surface area contributed by atoms with Crippen molar-refractivity contribution in [2.75, 3.05) is 4.90 Å². The van der Waals surface area contributed by atoms with Crippen LogP contribution in [-0.4, -0.2) is 9.13 Å². The van der Waals surface area contributed by atoms with E-state index >= 15 is 0 Å². The number of anilines is 3. The van der Waals surface area contributed by atoms with Crippen LogP contribution in [0.3, 0.4) is 0 Å². The van der Waals surface area contributed by atoms with Crippen molar-refractivity contribution in [3.05, 3.63) is 307 Å². The van der Waals surface area contributed by atoms with Crippen LogP contribution in [0.15, 0.2) is 285 Å². The number of aromatic nitrogens is 2. The molecule has 0 bridgehead atoms. The van der Waals surface area contributed by atoms with Gasteiger partial charge in [-0.1, -0.05) is 218 Å². The minimum absolute atomic E-state index is 0.587. The highest BCUT2D eigenvalue weighted by atomic mass is 15.1. The highest BCUT2D eigenvalue weighted by Gasteiger charge is 2.51. The smallest absolute Gasteiger partial charge is 0.0755 e. The van der Waals surface area contributed by atoms with Crippen molar-refractivity contribution in [1.29, 1.82) is 0 Å². The van der Waals surface area contributed by atoms with Crippen LogP contribution in [0, 0.1) is 0 Å². The van der Waals surface area contributed by atoms with E-state index in [2.05, 4.69) is 299 Å². The Morgan fingerprint density at radius 2 is 0.724 bits per heavy atom. The summed E-state index contributed by atoms with van der Waals surface area (Å²) in [6, 6.07) is 106. The van der Waals surface area contributed by atoms with E-state index in [-0.39, 0.29) is 0 Å².